The molecular weight excluding hydrogens is 534 g/mol. The number of rotatable bonds is 12. The number of carboxylic acids is 2. The molecule has 3 aromatic carbocycles. The summed E-state index contributed by atoms with van der Waals surface area (Å²) in [6, 6.07) is 21.5. The Morgan fingerprint density at radius 2 is 1.65 bits per heavy atom. The largest absolute Gasteiger partial charge is 0.481 e. The van der Waals surface area contributed by atoms with Crippen molar-refractivity contribution in [3.05, 3.63) is 95.1 Å². The van der Waals surface area contributed by atoms with E-state index in [9.17, 15) is 19.5 Å². The molecule has 3 atom stereocenters. The zero-order valence-electron chi connectivity index (χ0n) is 21.7. The predicted molar refractivity (Wildman–Crippen MR) is 149 cm³/mol. The molecular formula is C30H31NO8S. The average Bonchev–Trinajstić information content (AvgIpc) is 2.96. The average molecular weight is 566 g/mol. The molecule has 0 unspecified atom stereocenters. The lowest BCUT2D eigenvalue weighted by Crippen LogP contribution is -2.31. The minimum absolute atomic E-state index is 0.0493. The second-order valence-electron chi connectivity index (χ2n) is 9.41. The van der Waals surface area contributed by atoms with Gasteiger partial charge >= 0.3 is 11.9 Å². The van der Waals surface area contributed by atoms with E-state index in [1.54, 1.807) is 54.2 Å². The number of aromatic carboxylic acids is 1. The van der Waals surface area contributed by atoms with E-state index in [1.807, 2.05) is 30.3 Å². The van der Waals surface area contributed by atoms with Crippen LogP contribution in [-0.2, 0) is 25.7 Å². The summed E-state index contributed by atoms with van der Waals surface area (Å²) in [4.78, 5) is 35.1. The van der Waals surface area contributed by atoms with Crippen LogP contribution in [0.25, 0.3) is 0 Å². The number of anilines is 1. The van der Waals surface area contributed by atoms with Gasteiger partial charge < -0.3 is 30.1 Å². The summed E-state index contributed by atoms with van der Waals surface area (Å²) < 4.78 is 12.7. The topological polar surface area (TPSA) is 142 Å². The van der Waals surface area contributed by atoms with Gasteiger partial charge in [0.25, 0.3) is 0 Å². The standard InChI is InChI=1S/C30H31NO8S/c32-17-19-7-9-20(10-8-19)26-16-24(18-40-25-13-11-21(12-14-25)29(36)37)38-30(39-26)22-3-1-4-23(15-22)31-27(33)5-2-6-28(34)35/h1,3-4,7-15,24,26,30,32H,2,5-6,16-18H2,(H,31,33)(H,34,35)(H,36,37)/t24-,26+,30+/m0/s1. The van der Waals surface area contributed by atoms with E-state index in [0.29, 0.717) is 17.9 Å². The third-order valence-corrected chi connectivity index (χ3v) is 7.53. The number of amides is 1. The molecule has 40 heavy (non-hydrogen) atoms. The van der Waals surface area contributed by atoms with E-state index in [2.05, 4.69) is 5.32 Å². The first-order valence-electron chi connectivity index (χ1n) is 12.9. The van der Waals surface area contributed by atoms with Gasteiger partial charge in [-0.25, -0.2) is 4.79 Å². The molecule has 3 aromatic rings. The molecule has 1 heterocycles. The lowest BCUT2D eigenvalue weighted by atomic mass is 10.0. The van der Waals surface area contributed by atoms with Gasteiger partial charge in [0, 0.05) is 41.2 Å². The number of ether oxygens (including phenoxy) is 2. The first kappa shape index (κ1) is 29.3. The van der Waals surface area contributed by atoms with Crippen LogP contribution >= 0.6 is 11.8 Å². The number of aliphatic hydroxyl groups is 1. The van der Waals surface area contributed by atoms with Crippen molar-refractivity contribution >= 4 is 35.3 Å². The lowest BCUT2D eigenvalue weighted by Gasteiger charge is -2.36. The van der Waals surface area contributed by atoms with Crippen LogP contribution in [0.2, 0.25) is 0 Å². The highest BCUT2D eigenvalue weighted by atomic mass is 32.2. The molecule has 0 radical (unpaired) electrons. The number of hydrogen-bond acceptors (Lipinski definition) is 7. The van der Waals surface area contributed by atoms with Crippen molar-refractivity contribution in [2.75, 3.05) is 11.1 Å². The monoisotopic (exact) mass is 565 g/mol. The van der Waals surface area contributed by atoms with E-state index in [4.69, 9.17) is 19.7 Å². The van der Waals surface area contributed by atoms with Crippen molar-refractivity contribution in [1.29, 1.82) is 0 Å². The fourth-order valence-corrected chi connectivity index (χ4v) is 5.21. The third-order valence-electron chi connectivity index (χ3n) is 6.39. The van der Waals surface area contributed by atoms with E-state index in [-0.39, 0.29) is 49.5 Å². The zero-order chi connectivity index (χ0) is 28.5. The molecule has 0 saturated carbocycles. The van der Waals surface area contributed by atoms with E-state index >= 15 is 0 Å². The number of benzene rings is 3. The maximum Gasteiger partial charge on any atom is 0.335 e. The highest BCUT2D eigenvalue weighted by molar-refractivity contribution is 7.99. The molecule has 1 amide bonds. The Morgan fingerprint density at radius 3 is 2.33 bits per heavy atom. The van der Waals surface area contributed by atoms with Gasteiger partial charge in [0.05, 0.1) is 24.4 Å². The summed E-state index contributed by atoms with van der Waals surface area (Å²) in [5.41, 5.74) is 3.27. The van der Waals surface area contributed by atoms with Gasteiger partial charge in [0.15, 0.2) is 6.29 Å². The second-order valence-corrected chi connectivity index (χ2v) is 10.5. The van der Waals surface area contributed by atoms with Gasteiger partial charge in [-0.05, 0) is 53.9 Å². The van der Waals surface area contributed by atoms with Crippen molar-refractivity contribution in [1.82, 2.24) is 0 Å². The molecule has 0 spiro atoms. The molecule has 9 nitrogen and oxygen atoms in total. The SMILES string of the molecule is O=C(O)CCCC(=O)Nc1cccc([C@@H]2O[C@H](CSc3ccc(C(=O)O)cc3)C[C@H](c3ccc(CO)cc3)O2)c1. The Balaban J connectivity index is 1.48. The Labute approximate surface area is 236 Å². The summed E-state index contributed by atoms with van der Waals surface area (Å²) in [5, 5.41) is 30.2. The summed E-state index contributed by atoms with van der Waals surface area (Å²) in [6.07, 6.45) is -0.298. The fourth-order valence-electron chi connectivity index (χ4n) is 4.29. The number of hydrogen-bond donors (Lipinski definition) is 4. The van der Waals surface area contributed by atoms with Crippen molar-refractivity contribution in [2.45, 2.75) is 55.7 Å². The molecule has 0 bridgehead atoms. The van der Waals surface area contributed by atoms with Crippen LogP contribution in [0.15, 0.2) is 77.7 Å². The molecule has 1 fully saturated rings. The summed E-state index contributed by atoms with van der Waals surface area (Å²) >= 11 is 1.56. The van der Waals surface area contributed by atoms with Crippen LogP contribution in [0.1, 0.15) is 65.1 Å². The van der Waals surface area contributed by atoms with Gasteiger partial charge in [-0.15, -0.1) is 11.8 Å². The Kier molecular flexibility index (Phi) is 10.3. The molecule has 0 aliphatic carbocycles. The van der Waals surface area contributed by atoms with Crippen molar-refractivity contribution < 1.29 is 39.2 Å². The minimum atomic E-state index is -0.971. The highest BCUT2D eigenvalue weighted by Crippen LogP contribution is 2.40. The zero-order valence-corrected chi connectivity index (χ0v) is 22.5. The van der Waals surface area contributed by atoms with Gasteiger partial charge in [-0.2, -0.15) is 0 Å². The number of aliphatic carboxylic acids is 1. The first-order valence-corrected chi connectivity index (χ1v) is 13.9. The lowest BCUT2D eigenvalue weighted by molar-refractivity contribution is -0.245. The molecule has 0 aromatic heterocycles. The van der Waals surface area contributed by atoms with Crippen LogP contribution in [0, 0.1) is 0 Å². The maximum absolute atomic E-state index is 12.3. The number of nitrogens with one attached hydrogen (secondary N) is 1. The number of thioether (sulfide) groups is 1. The predicted octanol–water partition coefficient (Wildman–Crippen LogP) is 5.41. The van der Waals surface area contributed by atoms with Crippen molar-refractivity contribution in [3.63, 3.8) is 0 Å². The Hall–Kier alpha value is -3.70. The molecule has 4 N–H and O–H groups in total. The maximum atomic E-state index is 12.3. The molecule has 10 heteroatoms. The Morgan fingerprint density at radius 1 is 0.900 bits per heavy atom. The van der Waals surface area contributed by atoms with Crippen LogP contribution in [-0.4, -0.2) is 45.0 Å². The first-order chi connectivity index (χ1) is 19.3. The normalized spacial score (nSPS) is 18.7. The van der Waals surface area contributed by atoms with Gasteiger partial charge in [-0.3, -0.25) is 9.59 Å². The smallest absolute Gasteiger partial charge is 0.335 e. The molecule has 1 saturated heterocycles. The van der Waals surface area contributed by atoms with Gasteiger partial charge in [-0.1, -0.05) is 36.4 Å². The molecule has 4 rings (SSSR count). The van der Waals surface area contributed by atoms with Crippen LogP contribution in [0.5, 0.6) is 0 Å². The second kappa shape index (κ2) is 14.1. The summed E-state index contributed by atoms with van der Waals surface area (Å²) in [6.45, 7) is -0.0493. The van der Waals surface area contributed by atoms with Crippen LogP contribution in [0.4, 0.5) is 5.69 Å². The van der Waals surface area contributed by atoms with Gasteiger partial charge in [0.2, 0.25) is 5.91 Å². The van der Waals surface area contributed by atoms with E-state index in [0.717, 1.165) is 21.6 Å². The van der Waals surface area contributed by atoms with Crippen molar-refractivity contribution in [2.24, 2.45) is 0 Å². The van der Waals surface area contributed by atoms with Gasteiger partial charge in [0.1, 0.15) is 0 Å². The summed E-state index contributed by atoms with van der Waals surface area (Å²) in [5.74, 6) is -1.57. The Bertz CT molecular complexity index is 1310. The minimum Gasteiger partial charge on any atom is -0.481 e. The molecule has 1 aliphatic rings. The number of carbonyl (C=O) groups is 3. The molecule has 1 aliphatic heterocycles. The fraction of sp³-hybridized carbons (Fsp3) is 0.300. The molecule has 210 valence electrons. The van der Waals surface area contributed by atoms with E-state index in [1.165, 1.54) is 0 Å². The van der Waals surface area contributed by atoms with Crippen molar-refractivity contribution in [3.8, 4) is 0 Å². The number of carboxylic acid groups (broad SMARTS) is 2. The quantitative estimate of drug-likeness (QED) is 0.212. The third kappa shape index (κ3) is 8.40. The summed E-state index contributed by atoms with van der Waals surface area (Å²) in [7, 11) is 0. The van der Waals surface area contributed by atoms with Crippen LogP contribution < -0.4 is 5.32 Å². The highest BCUT2D eigenvalue weighted by Gasteiger charge is 2.32. The van der Waals surface area contributed by atoms with E-state index < -0.39 is 18.2 Å². The van der Waals surface area contributed by atoms with Crippen LogP contribution in [0.3, 0.4) is 0 Å². The number of aliphatic hydroxyl groups excluding tert-OH is 1. The number of carbonyl (C=O) groups excluding carboxylic acids is 1.